The minimum Gasteiger partial charge on any atom is -0.497 e. The van der Waals surface area contributed by atoms with Crippen LogP contribution in [0.25, 0.3) is 0 Å². The zero-order valence-corrected chi connectivity index (χ0v) is 21.3. The lowest BCUT2D eigenvalue weighted by molar-refractivity contribution is -0.118. The van der Waals surface area contributed by atoms with Crippen LogP contribution in [0.4, 0.5) is 4.79 Å². The van der Waals surface area contributed by atoms with E-state index in [1.807, 2.05) is 24.3 Å². The molecule has 36 heavy (non-hydrogen) atoms. The van der Waals surface area contributed by atoms with Crippen molar-refractivity contribution in [3.05, 3.63) is 59.7 Å². The zero-order chi connectivity index (χ0) is 25.8. The molecule has 1 heterocycles. The van der Waals surface area contributed by atoms with Crippen molar-refractivity contribution in [2.24, 2.45) is 5.92 Å². The number of hydrogen-bond acceptors (Lipinski definition) is 6. The lowest BCUT2D eigenvalue weighted by atomic mass is 9.99. The van der Waals surface area contributed by atoms with E-state index >= 15 is 0 Å². The van der Waals surface area contributed by atoms with Crippen molar-refractivity contribution in [2.75, 3.05) is 39.6 Å². The first kappa shape index (κ1) is 25.8. The Morgan fingerprint density at radius 3 is 2.25 bits per heavy atom. The summed E-state index contributed by atoms with van der Waals surface area (Å²) in [5.74, 6) is 0.455. The number of carbonyl (C=O) groups excluding carboxylic acids is 2. The Labute approximate surface area is 211 Å². The van der Waals surface area contributed by atoms with Gasteiger partial charge in [-0.05, 0) is 60.6 Å². The van der Waals surface area contributed by atoms with Crippen LogP contribution in [0.15, 0.2) is 48.5 Å². The monoisotopic (exact) mass is 516 g/mol. The second-order valence-electron chi connectivity index (χ2n) is 9.11. The smallest absolute Gasteiger partial charge is 0.319 e. The van der Waals surface area contributed by atoms with Crippen LogP contribution in [0, 0.1) is 5.92 Å². The maximum atomic E-state index is 13.2. The van der Waals surface area contributed by atoms with Crippen molar-refractivity contribution in [1.82, 2.24) is 20.3 Å². The normalized spacial score (nSPS) is 19.6. The van der Waals surface area contributed by atoms with Gasteiger partial charge in [-0.3, -0.25) is 9.69 Å². The van der Waals surface area contributed by atoms with Gasteiger partial charge in [0.05, 0.1) is 20.8 Å². The number of sulfonamides is 1. The van der Waals surface area contributed by atoms with E-state index in [9.17, 15) is 18.0 Å². The predicted octanol–water partition coefficient (Wildman–Crippen LogP) is 1.57. The van der Waals surface area contributed by atoms with Gasteiger partial charge >= 0.3 is 6.03 Å². The number of methoxy groups -OCH3 is 2. The largest absolute Gasteiger partial charge is 0.497 e. The molecule has 2 aliphatic rings. The molecule has 11 heteroatoms. The van der Waals surface area contributed by atoms with Gasteiger partial charge in [0.1, 0.15) is 17.3 Å². The number of nitrogens with zero attached hydrogens (tertiary/aromatic N) is 1. The zero-order valence-electron chi connectivity index (χ0n) is 20.5. The Balaban J connectivity index is 1.59. The fourth-order valence-corrected chi connectivity index (χ4v) is 5.60. The molecule has 194 valence electrons. The number of amides is 3. The van der Waals surface area contributed by atoms with Crippen LogP contribution in [0.5, 0.6) is 11.5 Å². The Kier molecular flexibility index (Phi) is 7.70. The van der Waals surface area contributed by atoms with E-state index in [-0.39, 0.29) is 13.1 Å². The summed E-state index contributed by atoms with van der Waals surface area (Å²) in [4.78, 5) is 26.8. The SMILES string of the molecule is COc1ccc(CCN2C(=O)NC[C@@]2(NS(=O)(=O)CC(=O)NCC2CC2)c2ccc(OC)cc2)cc1. The average molecular weight is 517 g/mol. The third-order valence-electron chi connectivity index (χ3n) is 6.48. The second-order valence-corrected chi connectivity index (χ2v) is 10.8. The summed E-state index contributed by atoms with van der Waals surface area (Å²) in [6.45, 7) is 0.719. The summed E-state index contributed by atoms with van der Waals surface area (Å²) >= 11 is 0. The van der Waals surface area contributed by atoms with E-state index in [1.165, 1.54) is 12.0 Å². The van der Waals surface area contributed by atoms with Crippen molar-refractivity contribution in [2.45, 2.75) is 24.9 Å². The standard InChI is InChI=1S/C25H32N4O6S/c1-34-21-9-5-18(6-10-21)13-14-29-24(31)27-17-25(29,20-7-11-22(35-2)12-8-20)28-36(32,33)16-23(30)26-15-19-3-4-19/h5-12,19,28H,3-4,13-17H2,1-2H3,(H,26,30)(H,27,31)/t25-/m0/s1. The quantitative estimate of drug-likeness (QED) is 0.393. The Morgan fingerprint density at radius 1 is 1.06 bits per heavy atom. The minimum absolute atomic E-state index is 0.00367. The van der Waals surface area contributed by atoms with E-state index in [0.29, 0.717) is 30.2 Å². The molecule has 3 amide bonds. The third-order valence-corrected chi connectivity index (χ3v) is 7.77. The van der Waals surface area contributed by atoms with Crippen LogP contribution in [-0.4, -0.2) is 64.9 Å². The number of ether oxygens (including phenoxy) is 2. The molecule has 1 aliphatic heterocycles. The molecule has 0 spiro atoms. The van der Waals surface area contributed by atoms with Crippen molar-refractivity contribution in [3.8, 4) is 11.5 Å². The van der Waals surface area contributed by atoms with E-state index in [0.717, 1.165) is 24.2 Å². The van der Waals surface area contributed by atoms with Gasteiger partial charge in [0.15, 0.2) is 5.66 Å². The van der Waals surface area contributed by atoms with Crippen LogP contribution >= 0.6 is 0 Å². The van der Waals surface area contributed by atoms with E-state index in [4.69, 9.17) is 9.47 Å². The molecule has 4 rings (SSSR count). The maximum absolute atomic E-state index is 13.2. The Morgan fingerprint density at radius 2 is 1.67 bits per heavy atom. The summed E-state index contributed by atoms with van der Waals surface area (Å²) in [6, 6.07) is 13.9. The van der Waals surface area contributed by atoms with Gasteiger partial charge in [0, 0.05) is 13.1 Å². The van der Waals surface area contributed by atoms with Gasteiger partial charge in [0.25, 0.3) is 0 Å². The van der Waals surface area contributed by atoms with Gasteiger partial charge in [-0.25, -0.2) is 13.2 Å². The fraction of sp³-hybridized carbons (Fsp3) is 0.440. The summed E-state index contributed by atoms with van der Waals surface area (Å²) in [6.07, 6.45) is 2.57. The molecule has 0 radical (unpaired) electrons. The van der Waals surface area contributed by atoms with Gasteiger partial charge in [-0.1, -0.05) is 24.3 Å². The second kappa shape index (κ2) is 10.8. The minimum atomic E-state index is -4.11. The number of hydrogen-bond donors (Lipinski definition) is 3. The van der Waals surface area contributed by atoms with Gasteiger partial charge in [-0.15, -0.1) is 0 Å². The molecule has 1 atom stereocenters. The third kappa shape index (κ3) is 6.08. The first-order valence-electron chi connectivity index (χ1n) is 11.9. The van der Waals surface area contributed by atoms with Crippen LogP contribution in [0.3, 0.4) is 0 Å². The topological polar surface area (TPSA) is 126 Å². The molecule has 1 aliphatic carbocycles. The lowest BCUT2D eigenvalue weighted by Gasteiger charge is -2.38. The van der Waals surface area contributed by atoms with Gasteiger partial charge in [-0.2, -0.15) is 4.72 Å². The molecule has 2 aromatic carbocycles. The van der Waals surface area contributed by atoms with E-state index in [1.54, 1.807) is 31.4 Å². The molecular formula is C25H32N4O6S. The molecule has 0 bridgehead atoms. The molecule has 1 saturated heterocycles. The molecule has 3 N–H and O–H groups in total. The molecule has 1 saturated carbocycles. The van der Waals surface area contributed by atoms with Crippen LogP contribution < -0.4 is 24.8 Å². The maximum Gasteiger partial charge on any atom is 0.319 e. The summed E-state index contributed by atoms with van der Waals surface area (Å²) in [5.41, 5.74) is 0.102. The highest BCUT2D eigenvalue weighted by Gasteiger charge is 2.49. The summed E-state index contributed by atoms with van der Waals surface area (Å²) < 4.78 is 39.5. The fourth-order valence-electron chi connectivity index (χ4n) is 4.27. The highest BCUT2D eigenvalue weighted by Crippen LogP contribution is 2.32. The molecule has 2 aromatic rings. The van der Waals surface area contributed by atoms with Crippen molar-refractivity contribution < 1.29 is 27.5 Å². The summed E-state index contributed by atoms with van der Waals surface area (Å²) in [7, 11) is -0.980. The van der Waals surface area contributed by atoms with E-state index in [2.05, 4.69) is 15.4 Å². The lowest BCUT2D eigenvalue weighted by Crippen LogP contribution is -2.58. The highest BCUT2D eigenvalue weighted by atomic mass is 32.2. The Bertz CT molecular complexity index is 1180. The highest BCUT2D eigenvalue weighted by molar-refractivity contribution is 7.90. The van der Waals surface area contributed by atoms with Crippen molar-refractivity contribution in [3.63, 3.8) is 0 Å². The number of benzene rings is 2. The van der Waals surface area contributed by atoms with Crippen molar-refractivity contribution >= 4 is 22.0 Å². The van der Waals surface area contributed by atoms with Crippen LogP contribution in [-0.2, 0) is 26.9 Å². The molecule has 0 aromatic heterocycles. The molecule has 0 unspecified atom stereocenters. The summed E-state index contributed by atoms with van der Waals surface area (Å²) in [5, 5.41) is 5.46. The average Bonchev–Trinajstić information content (AvgIpc) is 3.65. The Hall–Kier alpha value is -3.31. The first-order chi connectivity index (χ1) is 17.2. The molecular weight excluding hydrogens is 484 g/mol. The predicted molar refractivity (Wildman–Crippen MR) is 134 cm³/mol. The number of rotatable bonds is 12. The number of nitrogens with one attached hydrogen (secondary N) is 3. The molecule has 10 nitrogen and oxygen atoms in total. The number of carbonyl (C=O) groups is 2. The van der Waals surface area contributed by atoms with Gasteiger partial charge in [0.2, 0.25) is 15.9 Å². The first-order valence-corrected chi connectivity index (χ1v) is 13.5. The van der Waals surface area contributed by atoms with Gasteiger partial charge < -0.3 is 20.1 Å². The van der Waals surface area contributed by atoms with Crippen LogP contribution in [0.2, 0.25) is 0 Å². The van der Waals surface area contributed by atoms with E-state index < -0.39 is 33.4 Å². The number of urea groups is 1. The molecule has 2 fully saturated rings. The van der Waals surface area contributed by atoms with Crippen molar-refractivity contribution in [1.29, 1.82) is 0 Å². The van der Waals surface area contributed by atoms with Crippen LogP contribution in [0.1, 0.15) is 24.0 Å².